The lowest BCUT2D eigenvalue weighted by Crippen LogP contribution is -2.13. The third kappa shape index (κ3) is 2.66. The van der Waals surface area contributed by atoms with Crippen molar-refractivity contribution in [3.63, 3.8) is 0 Å². The number of aryl methyl sites for hydroxylation is 2. The van der Waals surface area contributed by atoms with Crippen molar-refractivity contribution in [1.29, 1.82) is 0 Å². The molecule has 0 atom stereocenters. The van der Waals surface area contributed by atoms with Crippen LogP contribution in [0.1, 0.15) is 16.0 Å². The van der Waals surface area contributed by atoms with E-state index in [0.717, 1.165) is 20.8 Å². The van der Waals surface area contributed by atoms with Crippen LogP contribution in [0, 0.1) is 13.8 Å². The molecular formula is C15H14ClN3OS. The molecule has 108 valence electrons. The zero-order chi connectivity index (χ0) is 15.0. The molecule has 0 saturated carbocycles. The number of nitrogens with one attached hydrogen (secondary N) is 2. The Labute approximate surface area is 130 Å². The number of halogens is 1. The Bertz CT molecular complexity index is 869. The number of thiophene rings is 1. The number of H-pyrrole nitrogens is 1. The zero-order valence-corrected chi connectivity index (χ0v) is 13.2. The minimum absolute atomic E-state index is 0.108. The monoisotopic (exact) mass is 319 g/mol. The van der Waals surface area contributed by atoms with E-state index in [1.54, 1.807) is 0 Å². The van der Waals surface area contributed by atoms with E-state index < -0.39 is 0 Å². The van der Waals surface area contributed by atoms with Crippen LogP contribution < -0.4 is 10.9 Å². The van der Waals surface area contributed by atoms with Gasteiger partial charge in [-0.05, 0) is 31.0 Å². The number of hydrogen-bond acceptors (Lipinski definition) is 4. The molecule has 0 aliphatic heterocycles. The minimum Gasteiger partial charge on any atom is -0.352 e. The van der Waals surface area contributed by atoms with Crippen molar-refractivity contribution in [2.75, 3.05) is 5.32 Å². The molecule has 2 heterocycles. The summed E-state index contributed by atoms with van der Waals surface area (Å²) in [6, 6.07) is 7.58. The van der Waals surface area contributed by atoms with Gasteiger partial charge in [-0.25, -0.2) is 4.98 Å². The van der Waals surface area contributed by atoms with Crippen LogP contribution in [-0.4, -0.2) is 9.97 Å². The fraction of sp³-hybridized carbons (Fsp3) is 0.200. The molecule has 0 bridgehead atoms. The van der Waals surface area contributed by atoms with Crippen LogP contribution >= 0.6 is 22.9 Å². The van der Waals surface area contributed by atoms with Gasteiger partial charge >= 0.3 is 0 Å². The van der Waals surface area contributed by atoms with Crippen molar-refractivity contribution in [2.24, 2.45) is 0 Å². The van der Waals surface area contributed by atoms with Gasteiger partial charge < -0.3 is 5.32 Å². The molecule has 6 heteroatoms. The van der Waals surface area contributed by atoms with Gasteiger partial charge in [0.25, 0.3) is 5.56 Å². The quantitative estimate of drug-likeness (QED) is 0.770. The molecule has 0 spiro atoms. The highest BCUT2D eigenvalue weighted by Gasteiger charge is 2.11. The predicted molar refractivity (Wildman–Crippen MR) is 88.5 cm³/mol. The molecule has 0 aliphatic carbocycles. The summed E-state index contributed by atoms with van der Waals surface area (Å²) in [5, 5.41) is 4.49. The van der Waals surface area contributed by atoms with Gasteiger partial charge in [-0.15, -0.1) is 11.3 Å². The zero-order valence-electron chi connectivity index (χ0n) is 11.7. The Morgan fingerprint density at radius 3 is 2.86 bits per heavy atom. The molecule has 0 amide bonds. The Hall–Kier alpha value is -1.85. The van der Waals surface area contributed by atoms with E-state index in [9.17, 15) is 4.79 Å². The van der Waals surface area contributed by atoms with Crippen LogP contribution in [0.3, 0.4) is 0 Å². The molecule has 0 unspecified atom stereocenters. The van der Waals surface area contributed by atoms with Gasteiger partial charge in [-0.3, -0.25) is 9.78 Å². The second kappa shape index (κ2) is 5.50. The highest BCUT2D eigenvalue weighted by atomic mass is 35.5. The molecule has 0 saturated heterocycles. The summed E-state index contributed by atoms with van der Waals surface area (Å²) >= 11 is 7.65. The smallest absolute Gasteiger partial charge is 0.261 e. The first-order valence-electron chi connectivity index (χ1n) is 6.53. The van der Waals surface area contributed by atoms with E-state index in [2.05, 4.69) is 15.3 Å². The van der Waals surface area contributed by atoms with Gasteiger partial charge in [0, 0.05) is 16.4 Å². The first kappa shape index (κ1) is 14.1. The molecule has 1 aromatic carbocycles. The van der Waals surface area contributed by atoms with Crippen molar-refractivity contribution in [2.45, 2.75) is 20.4 Å². The molecule has 2 aromatic heterocycles. The number of benzene rings is 1. The van der Waals surface area contributed by atoms with Crippen molar-refractivity contribution < 1.29 is 0 Å². The lowest BCUT2D eigenvalue weighted by atomic mass is 10.2. The minimum atomic E-state index is -0.108. The molecule has 2 N–H and O–H groups in total. The SMILES string of the molecule is Cc1sc2nc(NCc3ccccc3Cl)[nH]c(=O)c2c1C. The van der Waals surface area contributed by atoms with Gasteiger partial charge in [0.1, 0.15) is 4.83 Å². The fourth-order valence-electron chi connectivity index (χ4n) is 2.16. The molecule has 21 heavy (non-hydrogen) atoms. The van der Waals surface area contributed by atoms with Gasteiger partial charge in [-0.2, -0.15) is 0 Å². The maximum atomic E-state index is 12.2. The first-order valence-corrected chi connectivity index (χ1v) is 7.73. The summed E-state index contributed by atoms with van der Waals surface area (Å²) in [6.07, 6.45) is 0. The molecule has 0 radical (unpaired) electrons. The van der Waals surface area contributed by atoms with E-state index in [-0.39, 0.29) is 5.56 Å². The average Bonchev–Trinajstić information content (AvgIpc) is 2.73. The number of anilines is 1. The highest BCUT2D eigenvalue weighted by molar-refractivity contribution is 7.18. The summed E-state index contributed by atoms with van der Waals surface area (Å²) in [5.74, 6) is 0.466. The number of hydrogen-bond donors (Lipinski definition) is 2. The van der Waals surface area contributed by atoms with Crippen molar-refractivity contribution in [3.8, 4) is 0 Å². The second-order valence-electron chi connectivity index (χ2n) is 4.82. The molecule has 3 rings (SSSR count). The van der Waals surface area contributed by atoms with Crippen molar-refractivity contribution in [3.05, 3.63) is 55.6 Å². The van der Waals surface area contributed by atoms with Crippen molar-refractivity contribution in [1.82, 2.24) is 9.97 Å². The number of rotatable bonds is 3. The Morgan fingerprint density at radius 1 is 1.33 bits per heavy atom. The van der Waals surface area contributed by atoms with Crippen LogP contribution in [-0.2, 0) is 6.54 Å². The number of aromatic nitrogens is 2. The van der Waals surface area contributed by atoms with Crippen LogP contribution in [0.4, 0.5) is 5.95 Å². The summed E-state index contributed by atoms with van der Waals surface area (Å²) in [7, 11) is 0. The topological polar surface area (TPSA) is 57.8 Å². The standard InChI is InChI=1S/C15H14ClN3OS/c1-8-9(2)21-14-12(8)13(20)18-15(19-14)17-7-10-5-3-4-6-11(10)16/h3-6H,7H2,1-2H3,(H2,17,18,19,20). The summed E-state index contributed by atoms with van der Waals surface area (Å²) in [4.78, 5) is 21.3. The Morgan fingerprint density at radius 2 is 2.10 bits per heavy atom. The van der Waals surface area contributed by atoms with E-state index >= 15 is 0 Å². The van der Waals surface area contributed by atoms with Crippen LogP contribution in [0.25, 0.3) is 10.2 Å². The highest BCUT2D eigenvalue weighted by Crippen LogP contribution is 2.26. The lowest BCUT2D eigenvalue weighted by Gasteiger charge is -2.07. The van der Waals surface area contributed by atoms with Crippen LogP contribution in [0.5, 0.6) is 0 Å². The maximum Gasteiger partial charge on any atom is 0.261 e. The molecule has 4 nitrogen and oxygen atoms in total. The number of aromatic amines is 1. The largest absolute Gasteiger partial charge is 0.352 e. The normalized spacial score (nSPS) is 11.0. The Kier molecular flexibility index (Phi) is 3.69. The first-order chi connectivity index (χ1) is 10.1. The fourth-order valence-corrected chi connectivity index (χ4v) is 3.39. The predicted octanol–water partition coefficient (Wildman–Crippen LogP) is 3.87. The third-order valence-electron chi connectivity index (χ3n) is 3.44. The van der Waals surface area contributed by atoms with E-state index in [1.807, 2.05) is 38.1 Å². The van der Waals surface area contributed by atoms with Gasteiger partial charge in [-0.1, -0.05) is 29.8 Å². The van der Waals surface area contributed by atoms with Gasteiger partial charge in [0.2, 0.25) is 5.95 Å². The van der Waals surface area contributed by atoms with Crippen molar-refractivity contribution >= 4 is 39.1 Å². The summed E-state index contributed by atoms with van der Waals surface area (Å²) in [6.45, 7) is 4.46. The molecular weight excluding hydrogens is 306 g/mol. The maximum absolute atomic E-state index is 12.2. The molecule has 0 fully saturated rings. The van der Waals surface area contributed by atoms with Gasteiger partial charge in [0.05, 0.1) is 5.39 Å². The number of nitrogens with zero attached hydrogens (tertiary/aromatic N) is 1. The van der Waals surface area contributed by atoms with Crippen LogP contribution in [0.2, 0.25) is 5.02 Å². The third-order valence-corrected chi connectivity index (χ3v) is 4.91. The van der Waals surface area contributed by atoms with E-state index in [4.69, 9.17) is 11.6 Å². The Balaban J connectivity index is 1.92. The molecule has 0 aliphatic rings. The van der Waals surface area contributed by atoms with Gasteiger partial charge in [0.15, 0.2) is 0 Å². The summed E-state index contributed by atoms with van der Waals surface area (Å²) < 4.78 is 0. The average molecular weight is 320 g/mol. The van der Waals surface area contributed by atoms with E-state index in [0.29, 0.717) is 22.9 Å². The summed E-state index contributed by atoms with van der Waals surface area (Å²) in [5.41, 5.74) is 1.85. The number of fused-ring (bicyclic) bond motifs is 1. The second-order valence-corrected chi connectivity index (χ2v) is 6.43. The van der Waals surface area contributed by atoms with E-state index in [1.165, 1.54) is 11.3 Å². The van der Waals surface area contributed by atoms with Crippen LogP contribution in [0.15, 0.2) is 29.1 Å². The lowest BCUT2D eigenvalue weighted by molar-refractivity contribution is 1.06. The molecule has 3 aromatic rings.